The molecule has 0 aliphatic heterocycles. The molecule has 0 saturated heterocycles. The topological polar surface area (TPSA) is 121 Å². The molecule has 0 N–H and O–H groups in total. The minimum Gasteiger partial charge on any atom is -0.308 e. The van der Waals surface area contributed by atoms with Gasteiger partial charge in [-0.15, -0.1) is 11.3 Å². The molecule has 0 spiro atoms. The molecule has 314 valence electrons. The Morgan fingerprint density at radius 1 is 0.333 bits per heavy atom. The fourth-order valence-corrected chi connectivity index (χ4v) is 10.2. The number of rotatable bonds is 7. The Morgan fingerprint density at radius 3 is 1.39 bits per heavy atom. The minimum absolute atomic E-state index is 0.539. The fourth-order valence-electron chi connectivity index (χ4n) is 9.07. The first kappa shape index (κ1) is 39.2. The molecule has 12 rings (SSSR count). The van der Waals surface area contributed by atoms with Crippen LogP contribution in [0.5, 0.6) is 0 Å². The second-order valence-corrected chi connectivity index (χ2v) is 17.4. The number of thiophene rings is 1. The summed E-state index contributed by atoms with van der Waals surface area (Å²) in [6.45, 7) is 7.59. The molecule has 0 bridgehead atoms. The molecule has 0 atom stereocenters. The normalized spacial score (nSPS) is 11.6. The molecule has 7 aromatic carbocycles. The zero-order valence-corrected chi connectivity index (χ0v) is 37.2. The van der Waals surface area contributed by atoms with Gasteiger partial charge >= 0.3 is 0 Å². The maximum absolute atomic E-state index is 5.35. The van der Waals surface area contributed by atoms with Crippen LogP contribution in [-0.2, 0) is 0 Å². The molecule has 0 unspecified atom stereocenters. The Hall–Kier alpha value is -8.41. The summed E-state index contributed by atoms with van der Waals surface area (Å²) in [6, 6.07) is 55.0. The van der Waals surface area contributed by atoms with Crippen LogP contribution >= 0.6 is 11.3 Å². The van der Waals surface area contributed by atoms with E-state index in [2.05, 4.69) is 112 Å². The van der Waals surface area contributed by atoms with Crippen LogP contribution in [0.4, 0.5) is 0 Å². The lowest BCUT2D eigenvalue weighted by atomic mass is 9.96. The van der Waals surface area contributed by atoms with E-state index in [-0.39, 0.29) is 0 Å². The lowest BCUT2D eigenvalue weighted by Crippen LogP contribution is -2.04. The van der Waals surface area contributed by atoms with Gasteiger partial charge in [-0.2, -0.15) is 0 Å². The third-order valence-electron chi connectivity index (χ3n) is 11.9. The second kappa shape index (κ2) is 15.7. The maximum atomic E-state index is 5.35. The van der Waals surface area contributed by atoms with E-state index in [4.69, 9.17) is 34.9 Å². The molecule has 12 aromatic rings. The third-order valence-corrected chi connectivity index (χ3v) is 13.0. The highest BCUT2D eigenvalue weighted by Gasteiger charge is 2.23. The van der Waals surface area contributed by atoms with Crippen molar-refractivity contribution >= 4 is 53.3 Å². The van der Waals surface area contributed by atoms with E-state index in [1.807, 2.05) is 99.7 Å². The van der Waals surface area contributed by atoms with Crippen molar-refractivity contribution in [1.29, 1.82) is 0 Å². The van der Waals surface area contributed by atoms with Crippen molar-refractivity contribution in [3.63, 3.8) is 0 Å². The summed E-state index contributed by atoms with van der Waals surface area (Å²) in [4.78, 5) is 43.9. The van der Waals surface area contributed by atoms with Gasteiger partial charge in [0.1, 0.15) is 23.3 Å². The van der Waals surface area contributed by atoms with Crippen molar-refractivity contribution in [1.82, 2.24) is 49.4 Å². The molecule has 66 heavy (non-hydrogen) atoms. The Bertz CT molecular complexity index is 3670. The quantitative estimate of drug-likeness (QED) is 0.154. The summed E-state index contributed by atoms with van der Waals surface area (Å²) in [5.41, 5.74) is 9.32. The largest absolute Gasteiger partial charge is 0.308 e. The summed E-state index contributed by atoms with van der Waals surface area (Å²) >= 11 is 1.81. The van der Waals surface area contributed by atoms with Crippen LogP contribution in [0, 0.1) is 27.7 Å². The smallest absolute Gasteiger partial charge is 0.166 e. The van der Waals surface area contributed by atoms with E-state index in [9.17, 15) is 0 Å². The summed E-state index contributed by atoms with van der Waals surface area (Å²) in [5, 5.41) is 4.56. The van der Waals surface area contributed by atoms with Crippen molar-refractivity contribution < 1.29 is 0 Å². The summed E-state index contributed by atoms with van der Waals surface area (Å²) in [6.07, 6.45) is 0. The number of hydrogen-bond acceptors (Lipinski definition) is 10. The van der Waals surface area contributed by atoms with Crippen LogP contribution in [0.3, 0.4) is 0 Å². The monoisotopic (exact) mass is 870 g/mol. The van der Waals surface area contributed by atoms with Crippen LogP contribution in [-0.4, -0.2) is 49.4 Å². The van der Waals surface area contributed by atoms with Gasteiger partial charge in [0.25, 0.3) is 0 Å². The minimum atomic E-state index is 0.539. The second-order valence-electron chi connectivity index (χ2n) is 16.4. The first-order chi connectivity index (χ1) is 32.3. The SMILES string of the molecule is Cc1nc(C)nc(-c2ccc3c4ccc(-c5nc(C)nc(C)n5)cc4n(-c4ccc(-c5cccc6sc7ccccc7c56)cc4-c4nc(-c5ccccc5)nc(-c5ccccc5)n4)c3c2)n1. The summed E-state index contributed by atoms with van der Waals surface area (Å²) in [7, 11) is 0. The van der Waals surface area contributed by atoms with Crippen molar-refractivity contribution in [2.75, 3.05) is 0 Å². The zero-order chi connectivity index (χ0) is 44.5. The number of fused-ring (bicyclic) bond motifs is 6. The highest BCUT2D eigenvalue weighted by molar-refractivity contribution is 7.25. The van der Waals surface area contributed by atoms with Gasteiger partial charge in [0, 0.05) is 58.8 Å². The average Bonchev–Trinajstić information content (AvgIpc) is 3.89. The molecule has 0 fully saturated rings. The van der Waals surface area contributed by atoms with E-state index in [0.717, 1.165) is 66.4 Å². The van der Waals surface area contributed by atoms with Gasteiger partial charge in [-0.1, -0.05) is 121 Å². The average molecular weight is 871 g/mol. The molecular weight excluding hydrogens is 833 g/mol. The first-order valence-electron chi connectivity index (χ1n) is 21.7. The predicted octanol–water partition coefficient (Wildman–Crippen LogP) is 12.9. The van der Waals surface area contributed by atoms with Gasteiger partial charge in [0.05, 0.1) is 16.7 Å². The van der Waals surface area contributed by atoms with Crippen molar-refractivity contribution in [2.45, 2.75) is 27.7 Å². The van der Waals surface area contributed by atoms with E-state index >= 15 is 0 Å². The molecule has 0 aliphatic rings. The third kappa shape index (κ3) is 6.84. The summed E-state index contributed by atoms with van der Waals surface area (Å²) in [5.74, 6) is 5.57. The Morgan fingerprint density at radius 2 is 0.818 bits per heavy atom. The van der Waals surface area contributed by atoms with E-state index in [0.29, 0.717) is 52.4 Å². The van der Waals surface area contributed by atoms with Crippen LogP contribution in [0.1, 0.15) is 23.3 Å². The van der Waals surface area contributed by atoms with Gasteiger partial charge in [-0.3, -0.25) is 0 Å². The lowest BCUT2D eigenvalue weighted by Gasteiger charge is -2.17. The van der Waals surface area contributed by atoms with Crippen molar-refractivity contribution in [3.05, 3.63) is 181 Å². The van der Waals surface area contributed by atoms with Gasteiger partial charge in [-0.25, -0.2) is 44.9 Å². The van der Waals surface area contributed by atoms with E-state index in [1.165, 1.54) is 20.2 Å². The predicted molar refractivity (Wildman–Crippen MR) is 265 cm³/mol. The van der Waals surface area contributed by atoms with Crippen LogP contribution in [0.2, 0.25) is 0 Å². The Kier molecular flexibility index (Phi) is 9.32. The number of benzene rings is 7. The fraction of sp³-hybridized carbons (Fsp3) is 0.0727. The lowest BCUT2D eigenvalue weighted by molar-refractivity contribution is 0.928. The van der Waals surface area contributed by atoms with Crippen LogP contribution in [0.25, 0.3) is 116 Å². The Balaban J connectivity index is 1.20. The molecule has 0 radical (unpaired) electrons. The molecule has 0 aliphatic carbocycles. The van der Waals surface area contributed by atoms with Crippen LogP contribution < -0.4 is 0 Å². The standard InChI is InChI=1S/C55H38N10S/c1-31-56-32(2)59-53(58-31)38-22-25-41-42-26-23-39(54-60-33(3)57-34(4)61-54)30-47(42)65(46(41)29-38)45-27-24-37(40-19-13-21-49-50(40)43-18-11-12-20-48(43)66-49)28-44(45)55-63-51(35-14-7-5-8-15-35)62-52(64-55)36-16-9-6-10-17-36/h5-30H,1-4H3. The van der Waals surface area contributed by atoms with Gasteiger partial charge in [0.15, 0.2) is 29.1 Å². The van der Waals surface area contributed by atoms with Gasteiger partial charge in [-0.05, 0) is 75.2 Å². The van der Waals surface area contributed by atoms with E-state index < -0.39 is 0 Å². The Labute approximate surface area is 383 Å². The van der Waals surface area contributed by atoms with Gasteiger partial charge < -0.3 is 4.57 Å². The molecule has 0 saturated carbocycles. The molecule has 5 heterocycles. The number of aromatic nitrogens is 10. The van der Waals surface area contributed by atoms with Crippen molar-refractivity contribution in [3.8, 4) is 73.8 Å². The molecule has 0 amide bonds. The summed E-state index contributed by atoms with van der Waals surface area (Å²) < 4.78 is 4.79. The first-order valence-corrected chi connectivity index (χ1v) is 22.5. The molecule has 11 heteroatoms. The molecular formula is C55H38N10S. The maximum Gasteiger partial charge on any atom is 0.166 e. The number of hydrogen-bond donors (Lipinski definition) is 0. The van der Waals surface area contributed by atoms with Crippen LogP contribution in [0.15, 0.2) is 158 Å². The van der Waals surface area contributed by atoms with Crippen molar-refractivity contribution in [2.24, 2.45) is 0 Å². The molecule has 5 aromatic heterocycles. The number of nitrogens with zero attached hydrogens (tertiary/aromatic N) is 10. The number of aryl methyl sites for hydroxylation is 4. The molecule has 10 nitrogen and oxygen atoms in total. The van der Waals surface area contributed by atoms with Gasteiger partial charge in [0.2, 0.25) is 0 Å². The highest BCUT2D eigenvalue weighted by Crippen LogP contribution is 2.44. The highest BCUT2D eigenvalue weighted by atomic mass is 32.1. The van der Waals surface area contributed by atoms with E-state index in [1.54, 1.807) is 0 Å². The zero-order valence-electron chi connectivity index (χ0n) is 36.4.